The molecule has 0 radical (unpaired) electrons. The first-order valence-electron chi connectivity index (χ1n) is 7.02. The number of rotatable bonds is 6. The Labute approximate surface area is 127 Å². The highest BCUT2D eigenvalue weighted by atomic mass is 19.1. The molecule has 22 heavy (non-hydrogen) atoms. The van der Waals surface area contributed by atoms with E-state index in [4.69, 9.17) is 0 Å². The van der Waals surface area contributed by atoms with E-state index in [0.29, 0.717) is 36.5 Å². The molecule has 0 aliphatic heterocycles. The number of carbonyl (C=O) groups is 1. The van der Waals surface area contributed by atoms with Crippen LogP contribution in [0.25, 0.3) is 0 Å². The quantitative estimate of drug-likeness (QED) is 0.863. The summed E-state index contributed by atoms with van der Waals surface area (Å²) in [6.07, 6.45) is 1.89. The van der Waals surface area contributed by atoms with Gasteiger partial charge in [0, 0.05) is 25.4 Å². The second kappa shape index (κ2) is 7.49. The minimum absolute atomic E-state index is 0.171. The average molecular weight is 305 g/mol. The van der Waals surface area contributed by atoms with Crippen molar-refractivity contribution in [2.24, 2.45) is 0 Å². The number of pyridine rings is 1. The number of nitrogens with one attached hydrogen (secondary N) is 2. The zero-order valence-corrected chi connectivity index (χ0v) is 12.2. The van der Waals surface area contributed by atoms with Gasteiger partial charge in [-0.15, -0.1) is 0 Å². The van der Waals surface area contributed by atoms with Crippen LogP contribution in [0.4, 0.5) is 14.6 Å². The normalized spacial score (nSPS) is 10.3. The van der Waals surface area contributed by atoms with Crippen molar-refractivity contribution in [2.75, 3.05) is 18.4 Å². The van der Waals surface area contributed by atoms with E-state index in [9.17, 15) is 13.6 Å². The second-order valence-corrected chi connectivity index (χ2v) is 4.70. The van der Waals surface area contributed by atoms with Crippen LogP contribution in [0.5, 0.6) is 0 Å². The molecule has 4 nitrogen and oxygen atoms in total. The molecular weight excluding hydrogens is 288 g/mol. The van der Waals surface area contributed by atoms with Gasteiger partial charge in [0.2, 0.25) is 0 Å². The van der Waals surface area contributed by atoms with Gasteiger partial charge in [0.25, 0.3) is 5.91 Å². The predicted molar refractivity (Wildman–Crippen MR) is 80.8 cm³/mol. The van der Waals surface area contributed by atoms with Crippen LogP contribution in [0, 0.1) is 11.6 Å². The van der Waals surface area contributed by atoms with Crippen LogP contribution in [0.15, 0.2) is 36.5 Å². The first kappa shape index (κ1) is 15.9. The monoisotopic (exact) mass is 305 g/mol. The van der Waals surface area contributed by atoms with Gasteiger partial charge in [-0.3, -0.25) is 4.79 Å². The fourth-order valence-electron chi connectivity index (χ4n) is 1.95. The summed E-state index contributed by atoms with van der Waals surface area (Å²) in [6, 6.07) is 6.88. The Morgan fingerprint density at radius 1 is 1.23 bits per heavy atom. The number of amides is 1. The van der Waals surface area contributed by atoms with E-state index in [1.807, 2.05) is 6.92 Å². The molecule has 1 aromatic carbocycles. The lowest BCUT2D eigenvalue weighted by atomic mass is 10.1. The number of anilines is 1. The molecule has 0 saturated carbocycles. The van der Waals surface area contributed by atoms with Crippen LogP contribution in [0.3, 0.4) is 0 Å². The summed E-state index contributed by atoms with van der Waals surface area (Å²) in [5.74, 6) is -0.719. The highest BCUT2D eigenvalue weighted by Crippen LogP contribution is 2.11. The molecule has 0 aliphatic rings. The van der Waals surface area contributed by atoms with Crippen LogP contribution in [0.2, 0.25) is 0 Å². The van der Waals surface area contributed by atoms with Gasteiger partial charge in [-0.2, -0.15) is 0 Å². The summed E-state index contributed by atoms with van der Waals surface area (Å²) in [7, 11) is 0. The van der Waals surface area contributed by atoms with Crippen LogP contribution in [-0.4, -0.2) is 24.0 Å². The zero-order valence-electron chi connectivity index (χ0n) is 12.2. The van der Waals surface area contributed by atoms with Crippen LogP contribution in [0.1, 0.15) is 22.8 Å². The van der Waals surface area contributed by atoms with Gasteiger partial charge in [-0.25, -0.2) is 13.8 Å². The van der Waals surface area contributed by atoms with E-state index in [0.717, 1.165) is 6.07 Å². The molecule has 1 aromatic heterocycles. The number of aromatic nitrogens is 1. The third-order valence-electron chi connectivity index (χ3n) is 3.08. The number of benzene rings is 1. The summed E-state index contributed by atoms with van der Waals surface area (Å²) >= 11 is 0. The van der Waals surface area contributed by atoms with Gasteiger partial charge in [-0.1, -0.05) is 6.07 Å². The Hall–Kier alpha value is -2.50. The lowest BCUT2D eigenvalue weighted by Crippen LogP contribution is -2.22. The molecule has 1 heterocycles. The molecule has 6 heteroatoms. The maximum Gasteiger partial charge on any atom is 0.252 e. The van der Waals surface area contributed by atoms with Gasteiger partial charge in [0.1, 0.15) is 17.5 Å². The number of halogens is 2. The van der Waals surface area contributed by atoms with Crippen molar-refractivity contribution in [3.63, 3.8) is 0 Å². The van der Waals surface area contributed by atoms with Crippen molar-refractivity contribution in [3.05, 3.63) is 59.3 Å². The number of nitrogens with zero attached hydrogens (tertiary/aromatic N) is 1. The average Bonchev–Trinajstić information content (AvgIpc) is 2.50. The molecule has 0 saturated heterocycles. The Morgan fingerprint density at radius 2 is 2.05 bits per heavy atom. The van der Waals surface area contributed by atoms with Crippen molar-refractivity contribution in [2.45, 2.75) is 13.3 Å². The fourth-order valence-corrected chi connectivity index (χ4v) is 1.95. The van der Waals surface area contributed by atoms with E-state index < -0.39 is 11.6 Å². The lowest BCUT2D eigenvalue weighted by Gasteiger charge is -2.07. The van der Waals surface area contributed by atoms with Gasteiger partial charge in [-0.05, 0) is 37.1 Å². The van der Waals surface area contributed by atoms with Crippen molar-refractivity contribution < 1.29 is 13.6 Å². The molecule has 2 N–H and O–H groups in total. The highest BCUT2D eigenvalue weighted by Gasteiger charge is 2.05. The second-order valence-electron chi connectivity index (χ2n) is 4.70. The van der Waals surface area contributed by atoms with E-state index in [-0.39, 0.29) is 5.91 Å². The Kier molecular flexibility index (Phi) is 5.41. The standard InChI is InChI=1S/C16H17F2N3O/c1-2-19-16(22)12-4-6-15(21-10-12)20-8-7-11-3-5-13(17)9-14(11)18/h3-6,9-10H,2,7-8H2,1H3,(H,19,22)(H,20,21). The van der Waals surface area contributed by atoms with E-state index in [1.54, 1.807) is 12.1 Å². The minimum atomic E-state index is -0.586. The first-order chi connectivity index (χ1) is 10.6. The topological polar surface area (TPSA) is 54.0 Å². The molecule has 0 fully saturated rings. The molecule has 0 aliphatic carbocycles. The van der Waals surface area contributed by atoms with Gasteiger partial charge < -0.3 is 10.6 Å². The van der Waals surface area contributed by atoms with E-state index in [1.165, 1.54) is 18.3 Å². The van der Waals surface area contributed by atoms with Crippen molar-refractivity contribution in [1.29, 1.82) is 0 Å². The third kappa shape index (κ3) is 4.25. The van der Waals surface area contributed by atoms with Gasteiger partial charge >= 0.3 is 0 Å². The molecular formula is C16H17F2N3O. The summed E-state index contributed by atoms with van der Waals surface area (Å²) in [5, 5.41) is 5.71. The first-order valence-corrected chi connectivity index (χ1v) is 7.02. The summed E-state index contributed by atoms with van der Waals surface area (Å²) in [5.41, 5.74) is 0.921. The van der Waals surface area contributed by atoms with Crippen molar-refractivity contribution >= 4 is 11.7 Å². The molecule has 2 rings (SSSR count). The summed E-state index contributed by atoms with van der Waals surface area (Å²) < 4.78 is 26.3. The maximum absolute atomic E-state index is 13.5. The number of hydrogen-bond donors (Lipinski definition) is 2. The summed E-state index contributed by atoms with van der Waals surface area (Å²) in [4.78, 5) is 15.7. The van der Waals surface area contributed by atoms with Gasteiger partial charge in [0.05, 0.1) is 5.56 Å². The Balaban J connectivity index is 1.88. The molecule has 0 unspecified atom stereocenters. The predicted octanol–water partition coefficient (Wildman–Crippen LogP) is 2.76. The fraction of sp³-hybridized carbons (Fsp3) is 0.250. The molecule has 2 aromatic rings. The van der Waals surface area contributed by atoms with E-state index in [2.05, 4.69) is 15.6 Å². The smallest absolute Gasteiger partial charge is 0.252 e. The minimum Gasteiger partial charge on any atom is -0.370 e. The maximum atomic E-state index is 13.5. The van der Waals surface area contributed by atoms with Crippen molar-refractivity contribution in [1.82, 2.24) is 10.3 Å². The molecule has 0 atom stereocenters. The highest BCUT2D eigenvalue weighted by molar-refractivity contribution is 5.93. The van der Waals surface area contributed by atoms with Crippen LogP contribution < -0.4 is 10.6 Å². The number of hydrogen-bond acceptors (Lipinski definition) is 3. The van der Waals surface area contributed by atoms with Crippen LogP contribution in [-0.2, 0) is 6.42 Å². The molecule has 0 bridgehead atoms. The molecule has 0 spiro atoms. The molecule has 1 amide bonds. The molecule has 116 valence electrons. The largest absolute Gasteiger partial charge is 0.370 e. The van der Waals surface area contributed by atoms with Gasteiger partial charge in [0.15, 0.2) is 0 Å². The Bertz CT molecular complexity index is 644. The van der Waals surface area contributed by atoms with E-state index >= 15 is 0 Å². The zero-order chi connectivity index (χ0) is 15.9. The number of carbonyl (C=O) groups excluding carboxylic acids is 1. The van der Waals surface area contributed by atoms with Crippen LogP contribution >= 0.6 is 0 Å². The Morgan fingerprint density at radius 3 is 2.68 bits per heavy atom. The summed E-state index contributed by atoms with van der Waals surface area (Å²) in [6.45, 7) is 2.86. The van der Waals surface area contributed by atoms with Crippen molar-refractivity contribution in [3.8, 4) is 0 Å². The SMILES string of the molecule is CCNC(=O)c1ccc(NCCc2ccc(F)cc2F)nc1. The lowest BCUT2D eigenvalue weighted by molar-refractivity contribution is 0.0955. The third-order valence-corrected chi connectivity index (χ3v) is 3.08.